The van der Waals surface area contributed by atoms with E-state index < -0.39 is 6.10 Å². The Hall–Kier alpha value is -1.39. The summed E-state index contributed by atoms with van der Waals surface area (Å²) in [5.41, 5.74) is 1.69. The summed E-state index contributed by atoms with van der Waals surface area (Å²) < 4.78 is 0. The Morgan fingerprint density at radius 2 is 1.95 bits per heavy atom. The molecule has 2 N–H and O–H groups in total. The SMILES string of the molecule is CCC(=O)Nc1ccc(C(O)CN2CCC(C)CC2)cc1. The zero-order valence-corrected chi connectivity index (χ0v) is 13.0. The maximum atomic E-state index is 11.3. The Bertz CT molecular complexity index is 450. The van der Waals surface area contributed by atoms with Crippen LogP contribution in [0.4, 0.5) is 5.69 Å². The van der Waals surface area contributed by atoms with Crippen molar-refractivity contribution in [3.05, 3.63) is 29.8 Å². The molecule has 0 aliphatic carbocycles. The van der Waals surface area contributed by atoms with Crippen LogP contribution >= 0.6 is 0 Å². The van der Waals surface area contributed by atoms with Gasteiger partial charge in [-0.05, 0) is 49.5 Å². The summed E-state index contributed by atoms with van der Waals surface area (Å²) in [5.74, 6) is 0.811. The number of benzene rings is 1. The molecule has 1 aromatic carbocycles. The number of carbonyl (C=O) groups excluding carboxylic acids is 1. The lowest BCUT2D eigenvalue weighted by Gasteiger charge is -2.31. The third-order valence-corrected chi connectivity index (χ3v) is 4.21. The fraction of sp³-hybridized carbons (Fsp3) is 0.588. The van der Waals surface area contributed by atoms with E-state index in [1.807, 2.05) is 31.2 Å². The van der Waals surface area contributed by atoms with Crippen LogP contribution in [0.25, 0.3) is 0 Å². The first kappa shape index (κ1) is 16.0. The normalized spacial score (nSPS) is 18.4. The summed E-state index contributed by atoms with van der Waals surface area (Å²) in [6, 6.07) is 7.49. The fourth-order valence-corrected chi connectivity index (χ4v) is 2.63. The predicted octanol–water partition coefficient (Wildman–Crippen LogP) is 2.80. The highest BCUT2D eigenvalue weighted by Gasteiger charge is 2.19. The van der Waals surface area contributed by atoms with Gasteiger partial charge in [-0.1, -0.05) is 26.0 Å². The van der Waals surface area contributed by atoms with Gasteiger partial charge in [0.25, 0.3) is 0 Å². The van der Waals surface area contributed by atoms with Crippen LogP contribution in [-0.4, -0.2) is 35.5 Å². The fourth-order valence-electron chi connectivity index (χ4n) is 2.63. The Morgan fingerprint density at radius 1 is 1.33 bits per heavy atom. The van der Waals surface area contributed by atoms with E-state index >= 15 is 0 Å². The number of piperidine rings is 1. The monoisotopic (exact) mass is 290 g/mol. The van der Waals surface area contributed by atoms with Crippen LogP contribution < -0.4 is 5.32 Å². The molecule has 0 radical (unpaired) electrons. The largest absolute Gasteiger partial charge is 0.387 e. The third-order valence-electron chi connectivity index (χ3n) is 4.21. The van der Waals surface area contributed by atoms with E-state index in [1.165, 1.54) is 12.8 Å². The lowest BCUT2D eigenvalue weighted by Crippen LogP contribution is -2.35. The summed E-state index contributed by atoms with van der Waals surface area (Å²) in [4.78, 5) is 13.7. The summed E-state index contributed by atoms with van der Waals surface area (Å²) in [5, 5.41) is 13.1. The molecule has 1 aromatic rings. The molecule has 0 bridgehead atoms. The zero-order valence-electron chi connectivity index (χ0n) is 13.0. The number of nitrogens with zero attached hydrogens (tertiary/aromatic N) is 1. The number of rotatable bonds is 5. The van der Waals surface area contributed by atoms with Crippen LogP contribution in [0.5, 0.6) is 0 Å². The summed E-state index contributed by atoms with van der Waals surface area (Å²) >= 11 is 0. The lowest BCUT2D eigenvalue weighted by molar-refractivity contribution is -0.115. The minimum Gasteiger partial charge on any atom is -0.387 e. The summed E-state index contributed by atoms with van der Waals surface area (Å²) in [6.07, 6.45) is 2.44. The number of aliphatic hydroxyl groups excluding tert-OH is 1. The average Bonchev–Trinajstić information content (AvgIpc) is 2.50. The minimum atomic E-state index is -0.464. The molecule has 1 unspecified atom stereocenters. The van der Waals surface area contributed by atoms with Crippen molar-refractivity contribution in [1.29, 1.82) is 0 Å². The summed E-state index contributed by atoms with van der Waals surface area (Å²) in [7, 11) is 0. The van der Waals surface area contributed by atoms with Gasteiger partial charge in [-0.25, -0.2) is 0 Å². The summed E-state index contributed by atoms with van der Waals surface area (Å²) in [6.45, 7) is 6.95. The Morgan fingerprint density at radius 3 is 2.52 bits per heavy atom. The first-order valence-corrected chi connectivity index (χ1v) is 7.88. The molecular formula is C17H26N2O2. The van der Waals surface area contributed by atoms with E-state index in [9.17, 15) is 9.90 Å². The third kappa shape index (κ3) is 4.83. The average molecular weight is 290 g/mol. The van der Waals surface area contributed by atoms with E-state index in [2.05, 4.69) is 17.1 Å². The minimum absolute atomic E-state index is 0.00531. The second kappa shape index (κ2) is 7.57. The van der Waals surface area contributed by atoms with Gasteiger partial charge in [-0.15, -0.1) is 0 Å². The second-order valence-corrected chi connectivity index (χ2v) is 6.02. The molecule has 4 heteroatoms. The highest BCUT2D eigenvalue weighted by Crippen LogP contribution is 2.21. The van der Waals surface area contributed by atoms with Crippen LogP contribution in [0, 0.1) is 5.92 Å². The maximum Gasteiger partial charge on any atom is 0.224 e. The van der Waals surface area contributed by atoms with Crippen LogP contribution in [0.3, 0.4) is 0 Å². The number of β-amino-alcohol motifs (C(OH)–C–C–N with tert-alkyl or cyclic N) is 1. The molecule has 1 saturated heterocycles. The highest BCUT2D eigenvalue weighted by molar-refractivity contribution is 5.90. The number of likely N-dealkylation sites (tertiary alicyclic amines) is 1. The number of anilines is 1. The first-order chi connectivity index (χ1) is 10.1. The van der Waals surface area contributed by atoms with Gasteiger partial charge < -0.3 is 15.3 Å². The first-order valence-electron chi connectivity index (χ1n) is 7.88. The molecule has 0 saturated carbocycles. The molecular weight excluding hydrogens is 264 g/mol. The van der Waals surface area contributed by atoms with Crippen LogP contribution in [0.15, 0.2) is 24.3 Å². The molecule has 0 spiro atoms. The van der Waals surface area contributed by atoms with Gasteiger partial charge in [0, 0.05) is 18.7 Å². The standard InChI is InChI=1S/C17H26N2O2/c1-3-17(21)18-15-6-4-14(5-7-15)16(20)12-19-10-8-13(2)9-11-19/h4-7,13,16,20H,3,8-12H2,1-2H3,(H,18,21). The van der Waals surface area contributed by atoms with E-state index in [4.69, 9.17) is 0 Å². The van der Waals surface area contributed by atoms with Gasteiger partial charge in [-0.3, -0.25) is 4.79 Å². The van der Waals surface area contributed by atoms with Gasteiger partial charge >= 0.3 is 0 Å². The van der Waals surface area contributed by atoms with Crippen molar-refractivity contribution in [3.8, 4) is 0 Å². The van der Waals surface area contributed by atoms with Gasteiger partial charge in [0.05, 0.1) is 6.10 Å². The van der Waals surface area contributed by atoms with E-state index in [0.717, 1.165) is 30.3 Å². The molecule has 1 aliphatic heterocycles. The molecule has 1 atom stereocenters. The number of hydrogen-bond donors (Lipinski definition) is 2. The Balaban J connectivity index is 1.87. The van der Waals surface area contributed by atoms with Crippen molar-refractivity contribution in [2.75, 3.05) is 25.0 Å². The number of aliphatic hydroxyl groups is 1. The molecule has 1 heterocycles. The topological polar surface area (TPSA) is 52.6 Å². The van der Waals surface area contributed by atoms with E-state index in [1.54, 1.807) is 0 Å². The van der Waals surface area contributed by atoms with Gasteiger partial charge in [0.1, 0.15) is 0 Å². The van der Waals surface area contributed by atoms with Gasteiger partial charge in [0.15, 0.2) is 0 Å². The lowest BCUT2D eigenvalue weighted by atomic mass is 9.98. The predicted molar refractivity (Wildman–Crippen MR) is 85.2 cm³/mol. The van der Waals surface area contributed by atoms with Gasteiger partial charge in [0.2, 0.25) is 5.91 Å². The van der Waals surface area contributed by atoms with Crippen molar-refractivity contribution >= 4 is 11.6 Å². The van der Waals surface area contributed by atoms with Crippen molar-refractivity contribution in [3.63, 3.8) is 0 Å². The molecule has 21 heavy (non-hydrogen) atoms. The molecule has 0 aromatic heterocycles. The molecule has 4 nitrogen and oxygen atoms in total. The number of amides is 1. The Kier molecular flexibility index (Phi) is 5.76. The molecule has 1 amide bonds. The number of hydrogen-bond acceptors (Lipinski definition) is 3. The zero-order chi connectivity index (χ0) is 15.2. The van der Waals surface area contributed by atoms with Crippen molar-refractivity contribution in [2.24, 2.45) is 5.92 Å². The molecule has 2 rings (SSSR count). The number of carbonyl (C=O) groups is 1. The highest BCUT2D eigenvalue weighted by atomic mass is 16.3. The smallest absolute Gasteiger partial charge is 0.224 e. The van der Waals surface area contributed by atoms with Gasteiger partial charge in [-0.2, -0.15) is 0 Å². The molecule has 116 valence electrons. The maximum absolute atomic E-state index is 11.3. The molecule has 1 aliphatic rings. The van der Waals surface area contributed by atoms with Crippen molar-refractivity contribution in [1.82, 2.24) is 4.90 Å². The second-order valence-electron chi connectivity index (χ2n) is 6.02. The van der Waals surface area contributed by atoms with Crippen molar-refractivity contribution < 1.29 is 9.90 Å². The number of nitrogens with one attached hydrogen (secondary N) is 1. The Labute approximate surface area is 127 Å². The molecule has 1 fully saturated rings. The quantitative estimate of drug-likeness (QED) is 0.876. The van der Waals surface area contributed by atoms with Crippen LogP contribution in [0.2, 0.25) is 0 Å². The van der Waals surface area contributed by atoms with Crippen molar-refractivity contribution in [2.45, 2.75) is 39.2 Å². The van der Waals surface area contributed by atoms with Crippen LogP contribution in [0.1, 0.15) is 44.8 Å². The van der Waals surface area contributed by atoms with Crippen LogP contribution in [-0.2, 0) is 4.79 Å². The van der Waals surface area contributed by atoms with E-state index in [0.29, 0.717) is 13.0 Å². The van der Waals surface area contributed by atoms with E-state index in [-0.39, 0.29) is 5.91 Å².